The number of halogens is 1. The average Bonchev–Trinajstić information content (AvgIpc) is 2.23. The minimum absolute atomic E-state index is 0.0403. The van der Waals surface area contributed by atoms with E-state index in [1.807, 2.05) is 39.0 Å². The van der Waals surface area contributed by atoms with Crippen molar-refractivity contribution >= 4 is 27.5 Å². The van der Waals surface area contributed by atoms with Gasteiger partial charge in [-0.15, -0.1) is 0 Å². The number of anilines is 1. The number of amides is 1. The molecule has 0 saturated carbocycles. The normalized spacial score (nSPS) is 10.9. The molecule has 0 aliphatic heterocycles. The van der Waals surface area contributed by atoms with Gasteiger partial charge in [0.1, 0.15) is 5.75 Å². The first-order valence-corrected chi connectivity index (χ1v) is 6.49. The number of carbonyl (C=O) groups excluding carboxylic acids is 1. The van der Waals surface area contributed by atoms with Crippen molar-refractivity contribution in [3.8, 4) is 5.75 Å². The Kier molecular flexibility index (Phi) is 5.02. The Balaban J connectivity index is 2.58. The SMILES string of the molecule is COc1cc(Br)cc(NCC(=O)NC(C)(C)C)c1. The van der Waals surface area contributed by atoms with Crippen LogP contribution in [0.25, 0.3) is 0 Å². The second-order valence-corrected chi connectivity index (χ2v) is 5.95. The molecule has 18 heavy (non-hydrogen) atoms. The Morgan fingerprint density at radius 3 is 2.56 bits per heavy atom. The van der Waals surface area contributed by atoms with E-state index in [9.17, 15) is 4.79 Å². The summed E-state index contributed by atoms with van der Waals surface area (Å²) in [5, 5.41) is 5.95. The molecule has 1 aromatic carbocycles. The fraction of sp³-hybridized carbons (Fsp3) is 0.462. The number of benzene rings is 1. The van der Waals surface area contributed by atoms with Gasteiger partial charge in [0.05, 0.1) is 13.7 Å². The lowest BCUT2D eigenvalue weighted by Crippen LogP contribution is -2.43. The van der Waals surface area contributed by atoms with E-state index in [1.165, 1.54) is 0 Å². The summed E-state index contributed by atoms with van der Waals surface area (Å²) in [5.74, 6) is 0.699. The maximum atomic E-state index is 11.7. The Bertz CT molecular complexity index is 427. The van der Waals surface area contributed by atoms with Crippen molar-refractivity contribution in [1.29, 1.82) is 0 Å². The highest BCUT2D eigenvalue weighted by atomic mass is 79.9. The standard InChI is InChI=1S/C13H19BrN2O2/c1-13(2,3)16-12(17)8-15-10-5-9(14)6-11(7-10)18-4/h5-7,15H,8H2,1-4H3,(H,16,17). The first-order valence-electron chi connectivity index (χ1n) is 5.69. The summed E-state index contributed by atoms with van der Waals surface area (Å²) in [6, 6.07) is 5.60. The third kappa shape index (κ3) is 5.40. The van der Waals surface area contributed by atoms with E-state index in [-0.39, 0.29) is 18.0 Å². The Morgan fingerprint density at radius 1 is 1.33 bits per heavy atom. The van der Waals surface area contributed by atoms with Gasteiger partial charge in [-0.05, 0) is 32.9 Å². The van der Waals surface area contributed by atoms with Crippen molar-refractivity contribution in [2.24, 2.45) is 0 Å². The van der Waals surface area contributed by atoms with E-state index < -0.39 is 0 Å². The molecule has 1 rings (SSSR count). The fourth-order valence-corrected chi connectivity index (χ4v) is 1.90. The summed E-state index contributed by atoms with van der Waals surface area (Å²) >= 11 is 3.39. The van der Waals surface area contributed by atoms with Crippen LogP contribution in [0.1, 0.15) is 20.8 Å². The summed E-state index contributed by atoms with van der Waals surface area (Å²) in [7, 11) is 1.61. The van der Waals surface area contributed by atoms with Crippen LogP contribution < -0.4 is 15.4 Å². The molecule has 0 aliphatic carbocycles. The van der Waals surface area contributed by atoms with Gasteiger partial charge in [-0.3, -0.25) is 4.79 Å². The molecule has 0 atom stereocenters. The highest BCUT2D eigenvalue weighted by Gasteiger charge is 2.13. The van der Waals surface area contributed by atoms with Crippen molar-refractivity contribution in [3.05, 3.63) is 22.7 Å². The van der Waals surface area contributed by atoms with Gasteiger partial charge in [-0.2, -0.15) is 0 Å². The van der Waals surface area contributed by atoms with Crippen molar-refractivity contribution in [2.75, 3.05) is 19.0 Å². The molecule has 0 bridgehead atoms. The molecule has 0 spiro atoms. The van der Waals surface area contributed by atoms with Crippen LogP contribution in [0, 0.1) is 0 Å². The summed E-state index contributed by atoms with van der Waals surface area (Å²) in [6.07, 6.45) is 0. The zero-order chi connectivity index (χ0) is 13.8. The maximum absolute atomic E-state index is 11.7. The summed E-state index contributed by atoms with van der Waals surface area (Å²) in [4.78, 5) is 11.7. The van der Waals surface area contributed by atoms with Gasteiger partial charge >= 0.3 is 0 Å². The third-order valence-corrected chi connectivity index (χ3v) is 2.53. The molecule has 0 aliphatic rings. The van der Waals surface area contributed by atoms with Crippen LogP contribution in [0.4, 0.5) is 5.69 Å². The van der Waals surface area contributed by atoms with Crippen LogP contribution in [-0.2, 0) is 4.79 Å². The molecule has 1 aromatic rings. The summed E-state index contributed by atoms with van der Waals surface area (Å²) < 4.78 is 6.06. The zero-order valence-electron chi connectivity index (χ0n) is 11.1. The van der Waals surface area contributed by atoms with E-state index in [1.54, 1.807) is 7.11 Å². The predicted octanol–water partition coefficient (Wildman–Crippen LogP) is 2.78. The maximum Gasteiger partial charge on any atom is 0.239 e. The van der Waals surface area contributed by atoms with Crippen molar-refractivity contribution in [2.45, 2.75) is 26.3 Å². The molecule has 100 valence electrons. The molecular formula is C13H19BrN2O2. The number of hydrogen-bond acceptors (Lipinski definition) is 3. The van der Waals surface area contributed by atoms with Gasteiger partial charge < -0.3 is 15.4 Å². The monoisotopic (exact) mass is 314 g/mol. The molecule has 0 fully saturated rings. The van der Waals surface area contributed by atoms with E-state index in [2.05, 4.69) is 26.6 Å². The van der Waals surface area contributed by atoms with Crippen LogP contribution in [0.5, 0.6) is 5.75 Å². The van der Waals surface area contributed by atoms with E-state index in [4.69, 9.17) is 4.74 Å². The number of nitrogens with one attached hydrogen (secondary N) is 2. The Labute approximate surface area is 116 Å². The van der Waals surface area contributed by atoms with Crippen LogP contribution >= 0.6 is 15.9 Å². The van der Waals surface area contributed by atoms with Crippen molar-refractivity contribution in [3.63, 3.8) is 0 Å². The van der Waals surface area contributed by atoms with Crippen LogP contribution in [0.15, 0.2) is 22.7 Å². The van der Waals surface area contributed by atoms with E-state index in [0.717, 1.165) is 15.9 Å². The first kappa shape index (κ1) is 14.8. The lowest BCUT2D eigenvalue weighted by molar-refractivity contribution is -0.120. The van der Waals surface area contributed by atoms with Gasteiger partial charge in [0, 0.05) is 21.8 Å². The quantitative estimate of drug-likeness (QED) is 0.898. The van der Waals surface area contributed by atoms with Crippen molar-refractivity contribution < 1.29 is 9.53 Å². The number of methoxy groups -OCH3 is 1. The Hall–Kier alpha value is -1.23. The van der Waals surface area contributed by atoms with Gasteiger partial charge in [0.25, 0.3) is 0 Å². The molecule has 0 saturated heterocycles. The number of hydrogen-bond donors (Lipinski definition) is 2. The molecule has 4 nitrogen and oxygen atoms in total. The number of ether oxygens (including phenoxy) is 1. The van der Waals surface area contributed by atoms with Gasteiger partial charge in [-0.25, -0.2) is 0 Å². The highest BCUT2D eigenvalue weighted by Crippen LogP contribution is 2.24. The molecule has 0 radical (unpaired) electrons. The largest absolute Gasteiger partial charge is 0.497 e. The molecule has 5 heteroatoms. The van der Waals surface area contributed by atoms with Gasteiger partial charge in [0.15, 0.2) is 0 Å². The average molecular weight is 315 g/mol. The topological polar surface area (TPSA) is 50.4 Å². The lowest BCUT2D eigenvalue weighted by atomic mass is 10.1. The molecule has 0 heterocycles. The summed E-state index contributed by atoms with van der Waals surface area (Å²) in [5.41, 5.74) is 0.624. The Morgan fingerprint density at radius 2 is 2.00 bits per heavy atom. The second-order valence-electron chi connectivity index (χ2n) is 5.03. The fourth-order valence-electron chi connectivity index (χ4n) is 1.43. The van der Waals surface area contributed by atoms with Crippen LogP contribution in [-0.4, -0.2) is 25.1 Å². The molecule has 2 N–H and O–H groups in total. The van der Waals surface area contributed by atoms with E-state index >= 15 is 0 Å². The predicted molar refractivity (Wildman–Crippen MR) is 77.1 cm³/mol. The molecule has 0 aromatic heterocycles. The van der Waals surface area contributed by atoms with Crippen molar-refractivity contribution in [1.82, 2.24) is 5.32 Å². The number of carbonyl (C=O) groups is 1. The van der Waals surface area contributed by atoms with Crippen LogP contribution in [0.3, 0.4) is 0 Å². The molecular weight excluding hydrogens is 296 g/mol. The zero-order valence-corrected chi connectivity index (χ0v) is 12.7. The smallest absolute Gasteiger partial charge is 0.239 e. The molecule has 0 unspecified atom stereocenters. The summed E-state index contributed by atoms with van der Waals surface area (Å²) in [6.45, 7) is 6.09. The third-order valence-electron chi connectivity index (χ3n) is 2.07. The molecule has 1 amide bonds. The van der Waals surface area contributed by atoms with E-state index in [0.29, 0.717) is 0 Å². The second kappa shape index (κ2) is 6.09. The first-order chi connectivity index (χ1) is 8.30. The van der Waals surface area contributed by atoms with Gasteiger partial charge in [-0.1, -0.05) is 15.9 Å². The van der Waals surface area contributed by atoms with Gasteiger partial charge in [0.2, 0.25) is 5.91 Å². The lowest BCUT2D eigenvalue weighted by Gasteiger charge is -2.20. The minimum atomic E-state index is -0.215. The highest BCUT2D eigenvalue weighted by molar-refractivity contribution is 9.10. The number of rotatable bonds is 4. The van der Waals surface area contributed by atoms with Crippen LogP contribution in [0.2, 0.25) is 0 Å². The minimum Gasteiger partial charge on any atom is -0.497 e.